The Morgan fingerprint density at radius 1 is 1.03 bits per heavy atom. The number of hydrogen-bond acceptors (Lipinski definition) is 5. The molecule has 0 unspecified atom stereocenters. The van der Waals surface area contributed by atoms with Crippen LogP contribution in [-0.4, -0.2) is 43.6 Å². The number of hydrogen-bond donors (Lipinski definition) is 0. The van der Waals surface area contributed by atoms with Crippen LogP contribution in [0.1, 0.15) is 28.4 Å². The predicted molar refractivity (Wildman–Crippen MR) is 110 cm³/mol. The van der Waals surface area contributed by atoms with Crippen LogP contribution in [0.3, 0.4) is 0 Å². The Hall–Kier alpha value is -2.93. The summed E-state index contributed by atoms with van der Waals surface area (Å²) in [6.45, 7) is 1.80. The highest BCUT2D eigenvalue weighted by Crippen LogP contribution is 2.18. The molecule has 0 aromatic heterocycles. The van der Waals surface area contributed by atoms with Crippen LogP contribution in [0.4, 0.5) is 0 Å². The Morgan fingerprint density at radius 2 is 1.72 bits per heavy atom. The van der Waals surface area contributed by atoms with Crippen LogP contribution < -0.4 is 0 Å². The number of carbonyl (C=O) groups is 2. The molecule has 0 aliphatic carbocycles. The molecule has 0 fully saturated rings. The first kappa shape index (κ1) is 20.8. The third kappa shape index (κ3) is 5.54. The van der Waals surface area contributed by atoms with Crippen molar-refractivity contribution >= 4 is 21.7 Å². The van der Waals surface area contributed by atoms with Gasteiger partial charge in [0.25, 0.3) is 5.91 Å². The molecule has 3 rings (SSSR count). The number of benzene rings is 2. The molecule has 1 aliphatic heterocycles. The summed E-state index contributed by atoms with van der Waals surface area (Å²) < 4.78 is 28.8. The number of carbonyl (C=O) groups excluding carboxylic acids is 2. The van der Waals surface area contributed by atoms with Gasteiger partial charge in [-0.05, 0) is 35.8 Å². The summed E-state index contributed by atoms with van der Waals surface area (Å²) in [6, 6.07) is 15.7. The van der Waals surface area contributed by atoms with Crippen molar-refractivity contribution in [2.24, 2.45) is 0 Å². The summed E-state index contributed by atoms with van der Waals surface area (Å²) in [5.74, 6) is -1.20. The molecule has 2 aromatic carbocycles. The molecule has 7 heteroatoms. The number of sulfone groups is 1. The molecule has 152 valence electrons. The number of amides is 1. The van der Waals surface area contributed by atoms with Crippen molar-refractivity contribution in [1.82, 2.24) is 4.90 Å². The second-order valence-corrected chi connectivity index (χ2v) is 8.79. The second-order valence-electron chi connectivity index (χ2n) is 6.86. The van der Waals surface area contributed by atoms with E-state index >= 15 is 0 Å². The van der Waals surface area contributed by atoms with Crippen molar-refractivity contribution in [3.05, 3.63) is 82.8 Å². The Labute approximate surface area is 170 Å². The highest BCUT2D eigenvalue weighted by Gasteiger charge is 2.30. The number of nitrogens with zero attached hydrogens (tertiary/aromatic N) is 1. The largest absolute Gasteiger partial charge is 0.452 e. The normalized spacial score (nSPS) is 17.1. The lowest BCUT2D eigenvalue weighted by atomic mass is 10.1. The first-order valence-electron chi connectivity index (χ1n) is 9.38. The minimum absolute atomic E-state index is 0.169. The van der Waals surface area contributed by atoms with Gasteiger partial charge in [0, 0.05) is 12.0 Å². The van der Waals surface area contributed by atoms with Crippen molar-refractivity contribution in [3.63, 3.8) is 0 Å². The van der Waals surface area contributed by atoms with E-state index in [0.717, 1.165) is 23.0 Å². The summed E-state index contributed by atoms with van der Waals surface area (Å²) in [7, 11) is -3.33. The lowest BCUT2D eigenvalue weighted by molar-refractivity contribution is -0.136. The van der Waals surface area contributed by atoms with Crippen LogP contribution in [0, 0.1) is 0 Å². The molecule has 29 heavy (non-hydrogen) atoms. The van der Waals surface area contributed by atoms with E-state index in [1.165, 1.54) is 11.0 Å². The molecule has 0 spiro atoms. The molecule has 1 atom stereocenters. The predicted octanol–water partition coefficient (Wildman–Crippen LogP) is 2.75. The summed E-state index contributed by atoms with van der Waals surface area (Å²) in [4.78, 5) is 26.5. The zero-order chi connectivity index (χ0) is 20.9. The molecule has 0 saturated heterocycles. The fourth-order valence-corrected chi connectivity index (χ4v) is 4.39. The van der Waals surface area contributed by atoms with Gasteiger partial charge in [0.15, 0.2) is 16.4 Å². The van der Waals surface area contributed by atoms with Gasteiger partial charge in [-0.25, -0.2) is 13.2 Å². The Balaban J connectivity index is 1.68. The van der Waals surface area contributed by atoms with E-state index in [1.54, 1.807) is 12.1 Å². The fourth-order valence-electron chi connectivity index (χ4n) is 3.09. The minimum atomic E-state index is -3.33. The van der Waals surface area contributed by atoms with E-state index in [0.29, 0.717) is 5.56 Å². The molecule has 2 aromatic rings. The standard InChI is InChI=1S/C22H23NO5S/c1-2-17-8-10-19(11-9-17)22(25)28-15-21(24)23(14-18-6-4-3-5-7-18)20-12-13-29(26,27)16-20/h3-13,20H,2,14-16H2,1H3/t20-/m1/s1. The van der Waals surface area contributed by atoms with Crippen molar-refractivity contribution < 1.29 is 22.7 Å². The smallest absolute Gasteiger partial charge is 0.338 e. The van der Waals surface area contributed by atoms with Gasteiger partial charge in [-0.2, -0.15) is 0 Å². The SMILES string of the molecule is CCc1ccc(C(=O)OCC(=O)N(Cc2ccccc2)[C@@H]2C=CS(=O)(=O)C2)cc1. The first-order valence-corrected chi connectivity index (χ1v) is 11.1. The number of aryl methyl sites for hydroxylation is 1. The molecule has 0 N–H and O–H groups in total. The molecule has 1 heterocycles. The Bertz CT molecular complexity index is 997. The molecule has 0 saturated carbocycles. The molecule has 0 radical (unpaired) electrons. The summed E-state index contributed by atoms with van der Waals surface area (Å²) in [5.41, 5.74) is 2.33. The third-order valence-corrected chi connectivity index (χ3v) is 6.13. The monoisotopic (exact) mass is 413 g/mol. The minimum Gasteiger partial charge on any atom is -0.452 e. The highest BCUT2D eigenvalue weighted by atomic mass is 32.2. The van der Waals surface area contributed by atoms with Gasteiger partial charge in [0.1, 0.15) is 0 Å². The van der Waals surface area contributed by atoms with E-state index in [1.807, 2.05) is 49.4 Å². The van der Waals surface area contributed by atoms with E-state index in [2.05, 4.69) is 0 Å². The lowest BCUT2D eigenvalue weighted by Crippen LogP contribution is -2.42. The molecule has 1 amide bonds. The van der Waals surface area contributed by atoms with Gasteiger partial charge in [0.2, 0.25) is 0 Å². The maximum atomic E-state index is 12.8. The number of ether oxygens (including phenoxy) is 1. The van der Waals surface area contributed by atoms with Crippen molar-refractivity contribution in [2.75, 3.05) is 12.4 Å². The summed E-state index contributed by atoms with van der Waals surface area (Å²) in [5, 5.41) is 1.13. The van der Waals surface area contributed by atoms with E-state index in [9.17, 15) is 18.0 Å². The van der Waals surface area contributed by atoms with E-state index < -0.39 is 34.4 Å². The van der Waals surface area contributed by atoms with Gasteiger partial charge in [0.05, 0.1) is 17.4 Å². The van der Waals surface area contributed by atoms with Crippen LogP contribution >= 0.6 is 0 Å². The van der Waals surface area contributed by atoms with Gasteiger partial charge >= 0.3 is 5.97 Å². The van der Waals surface area contributed by atoms with Gasteiger partial charge in [-0.1, -0.05) is 49.4 Å². The van der Waals surface area contributed by atoms with Crippen molar-refractivity contribution in [2.45, 2.75) is 25.9 Å². The zero-order valence-corrected chi connectivity index (χ0v) is 17.0. The average Bonchev–Trinajstić information content (AvgIpc) is 3.10. The highest BCUT2D eigenvalue weighted by molar-refractivity contribution is 7.94. The maximum Gasteiger partial charge on any atom is 0.338 e. The zero-order valence-electron chi connectivity index (χ0n) is 16.2. The van der Waals surface area contributed by atoms with Gasteiger partial charge in [-0.15, -0.1) is 0 Å². The van der Waals surface area contributed by atoms with E-state index in [-0.39, 0.29) is 12.3 Å². The topological polar surface area (TPSA) is 80.8 Å². The van der Waals surface area contributed by atoms with Crippen LogP contribution in [0.2, 0.25) is 0 Å². The summed E-state index contributed by atoms with van der Waals surface area (Å²) in [6.07, 6.45) is 2.36. The molecule has 0 bridgehead atoms. The maximum absolute atomic E-state index is 12.8. The fraction of sp³-hybridized carbons (Fsp3) is 0.273. The van der Waals surface area contributed by atoms with Crippen LogP contribution in [-0.2, 0) is 32.3 Å². The molecular weight excluding hydrogens is 390 g/mol. The van der Waals surface area contributed by atoms with E-state index in [4.69, 9.17) is 4.74 Å². The first-order chi connectivity index (χ1) is 13.9. The van der Waals surface area contributed by atoms with Gasteiger partial charge < -0.3 is 9.64 Å². The van der Waals surface area contributed by atoms with Crippen LogP contribution in [0.25, 0.3) is 0 Å². The molecule has 6 nitrogen and oxygen atoms in total. The Morgan fingerprint density at radius 3 is 2.31 bits per heavy atom. The Kier molecular flexibility index (Phi) is 6.49. The number of esters is 1. The number of rotatable bonds is 7. The van der Waals surface area contributed by atoms with Crippen molar-refractivity contribution in [1.29, 1.82) is 0 Å². The molecule has 1 aliphatic rings. The van der Waals surface area contributed by atoms with Crippen LogP contribution in [0.5, 0.6) is 0 Å². The average molecular weight is 413 g/mol. The van der Waals surface area contributed by atoms with Gasteiger partial charge in [-0.3, -0.25) is 4.79 Å². The quantitative estimate of drug-likeness (QED) is 0.652. The summed E-state index contributed by atoms with van der Waals surface area (Å²) >= 11 is 0. The van der Waals surface area contributed by atoms with Crippen molar-refractivity contribution in [3.8, 4) is 0 Å². The second kappa shape index (κ2) is 9.05. The third-order valence-electron chi connectivity index (χ3n) is 4.75. The lowest BCUT2D eigenvalue weighted by Gasteiger charge is -2.27. The van der Waals surface area contributed by atoms with Crippen LogP contribution in [0.15, 0.2) is 66.1 Å². The molecular formula is C22H23NO5S.